The van der Waals surface area contributed by atoms with Crippen molar-refractivity contribution in [2.45, 2.75) is 33.1 Å². The number of carbonyl (C=O) groups is 1. The van der Waals surface area contributed by atoms with Gasteiger partial charge in [0, 0.05) is 25.7 Å². The average Bonchev–Trinajstić information content (AvgIpc) is 2.75. The number of nitrogens with two attached hydrogens (primary N) is 1. The molecule has 2 heterocycles. The van der Waals surface area contributed by atoms with Gasteiger partial charge in [0.15, 0.2) is 16.9 Å². The van der Waals surface area contributed by atoms with E-state index in [0.717, 1.165) is 37.2 Å². The van der Waals surface area contributed by atoms with E-state index in [1.807, 2.05) is 43.0 Å². The van der Waals surface area contributed by atoms with E-state index in [9.17, 15) is 9.59 Å². The van der Waals surface area contributed by atoms with E-state index in [-0.39, 0.29) is 5.43 Å². The predicted molar refractivity (Wildman–Crippen MR) is 121 cm³/mol. The molecule has 6 heteroatoms. The van der Waals surface area contributed by atoms with Crippen LogP contribution in [0.1, 0.15) is 42.1 Å². The number of aryl methyl sites for hydroxylation is 1. The Labute approximate surface area is 175 Å². The Morgan fingerprint density at radius 1 is 1.10 bits per heavy atom. The molecule has 1 amide bonds. The minimum absolute atomic E-state index is 0.0546. The highest BCUT2D eigenvalue weighted by Crippen LogP contribution is 2.36. The van der Waals surface area contributed by atoms with Crippen molar-refractivity contribution in [2.24, 2.45) is 5.73 Å². The Kier molecular flexibility index (Phi) is 5.48. The molecule has 6 nitrogen and oxygen atoms in total. The summed E-state index contributed by atoms with van der Waals surface area (Å²) in [7, 11) is 0. The molecule has 3 aromatic rings. The molecule has 0 radical (unpaired) electrons. The molecule has 1 aliphatic heterocycles. The number of carbonyl (C=O) groups excluding carboxylic acids is 1. The molecule has 156 valence electrons. The smallest absolute Gasteiger partial charge is 0.250 e. The number of hydrogen-bond acceptors (Lipinski definition) is 5. The molecular weight excluding hydrogens is 378 g/mol. The van der Waals surface area contributed by atoms with Crippen LogP contribution in [0.15, 0.2) is 51.7 Å². The third kappa shape index (κ3) is 3.65. The van der Waals surface area contributed by atoms with Gasteiger partial charge in [-0.3, -0.25) is 9.59 Å². The standard InChI is InChI=1S/C24H27N3O3/c1-3-27(19-10-6-5-9-17(19)24(25)29)20-14-16(2)13-18-21(28)15-22(30-23(18)20)26-11-7-4-8-12-26/h5-6,9-10,13-15H,3-4,7-8,11-12H2,1-2H3,(H2,25,29). The molecule has 1 fully saturated rings. The van der Waals surface area contributed by atoms with Crippen molar-refractivity contribution in [1.29, 1.82) is 0 Å². The van der Waals surface area contributed by atoms with Crippen LogP contribution in [0.5, 0.6) is 0 Å². The van der Waals surface area contributed by atoms with E-state index in [0.29, 0.717) is 34.6 Å². The average molecular weight is 405 g/mol. The fourth-order valence-electron chi connectivity index (χ4n) is 4.23. The van der Waals surface area contributed by atoms with Gasteiger partial charge in [0.1, 0.15) is 0 Å². The molecule has 4 rings (SSSR count). The van der Waals surface area contributed by atoms with E-state index in [2.05, 4.69) is 4.90 Å². The SMILES string of the molecule is CCN(c1ccccc1C(N)=O)c1cc(C)cc2c(=O)cc(N3CCCCC3)oc12. The molecule has 0 spiro atoms. The monoisotopic (exact) mass is 405 g/mol. The van der Waals surface area contributed by atoms with Gasteiger partial charge >= 0.3 is 0 Å². The highest BCUT2D eigenvalue weighted by molar-refractivity contribution is 6.01. The van der Waals surface area contributed by atoms with E-state index in [4.69, 9.17) is 10.2 Å². The van der Waals surface area contributed by atoms with Crippen molar-refractivity contribution in [3.63, 3.8) is 0 Å². The van der Waals surface area contributed by atoms with Crippen LogP contribution in [0, 0.1) is 6.92 Å². The Morgan fingerprint density at radius 3 is 2.53 bits per heavy atom. The molecule has 0 aliphatic carbocycles. The number of primary amides is 1. The van der Waals surface area contributed by atoms with Gasteiger partial charge in [-0.1, -0.05) is 12.1 Å². The van der Waals surface area contributed by atoms with Gasteiger partial charge < -0.3 is 20.0 Å². The molecule has 0 unspecified atom stereocenters. The summed E-state index contributed by atoms with van der Waals surface area (Å²) >= 11 is 0. The first-order valence-corrected chi connectivity index (χ1v) is 10.5. The quantitative estimate of drug-likeness (QED) is 0.683. The predicted octanol–water partition coefficient (Wildman–Crippen LogP) is 4.35. The Hall–Kier alpha value is -3.28. The van der Waals surface area contributed by atoms with Crippen LogP contribution in [-0.4, -0.2) is 25.5 Å². The van der Waals surface area contributed by atoms with Crippen molar-refractivity contribution in [1.82, 2.24) is 0 Å². The largest absolute Gasteiger partial charge is 0.438 e. The lowest BCUT2D eigenvalue weighted by molar-refractivity contribution is 0.100. The zero-order valence-corrected chi connectivity index (χ0v) is 17.5. The number of anilines is 3. The highest BCUT2D eigenvalue weighted by atomic mass is 16.4. The summed E-state index contributed by atoms with van der Waals surface area (Å²) in [5.74, 6) is 0.119. The summed E-state index contributed by atoms with van der Waals surface area (Å²) < 4.78 is 6.34. The van der Waals surface area contributed by atoms with E-state index in [1.165, 1.54) is 6.42 Å². The van der Waals surface area contributed by atoms with Gasteiger partial charge in [-0.05, 0) is 62.9 Å². The highest BCUT2D eigenvalue weighted by Gasteiger charge is 2.21. The van der Waals surface area contributed by atoms with Gasteiger partial charge in [0.05, 0.1) is 22.3 Å². The number of rotatable bonds is 5. The van der Waals surface area contributed by atoms with Crippen molar-refractivity contribution >= 4 is 34.1 Å². The maximum absolute atomic E-state index is 13.0. The van der Waals surface area contributed by atoms with E-state index in [1.54, 1.807) is 18.2 Å². The Morgan fingerprint density at radius 2 is 1.83 bits per heavy atom. The molecule has 2 aromatic carbocycles. The van der Waals surface area contributed by atoms with Crippen LogP contribution in [0.2, 0.25) is 0 Å². The van der Waals surface area contributed by atoms with Crippen LogP contribution >= 0.6 is 0 Å². The summed E-state index contributed by atoms with van der Waals surface area (Å²) in [6.45, 7) is 6.31. The third-order valence-electron chi connectivity index (χ3n) is 5.68. The second kappa shape index (κ2) is 8.22. The summed E-state index contributed by atoms with van der Waals surface area (Å²) in [6, 6.07) is 12.7. The number of piperidine rings is 1. The van der Waals surface area contributed by atoms with E-state index >= 15 is 0 Å². The maximum atomic E-state index is 13.0. The molecule has 0 bridgehead atoms. The van der Waals surface area contributed by atoms with Crippen molar-refractivity contribution in [2.75, 3.05) is 29.4 Å². The van der Waals surface area contributed by atoms with Crippen LogP contribution in [0.4, 0.5) is 17.3 Å². The number of fused-ring (bicyclic) bond motifs is 1. The number of nitrogens with zero attached hydrogens (tertiary/aromatic N) is 2. The number of hydrogen-bond donors (Lipinski definition) is 1. The normalized spacial score (nSPS) is 14.1. The number of amides is 1. The molecule has 0 atom stereocenters. The molecular formula is C24H27N3O3. The zero-order valence-electron chi connectivity index (χ0n) is 17.5. The Balaban J connectivity index is 1.94. The van der Waals surface area contributed by atoms with Gasteiger partial charge in [-0.15, -0.1) is 0 Å². The fourth-order valence-corrected chi connectivity index (χ4v) is 4.23. The summed E-state index contributed by atoms with van der Waals surface area (Å²) in [4.78, 5) is 29.1. The first-order chi connectivity index (χ1) is 14.5. The van der Waals surface area contributed by atoms with Crippen LogP contribution in [0.25, 0.3) is 11.0 Å². The molecule has 1 aromatic heterocycles. The second-order valence-electron chi connectivity index (χ2n) is 7.78. The van der Waals surface area contributed by atoms with Crippen LogP contribution in [0.3, 0.4) is 0 Å². The van der Waals surface area contributed by atoms with Crippen molar-refractivity contribution in [3.05, 3.63) is 63.8 Å². The zero-order chi connectivity index (χ0) is 21.3. The van der Waals surface area contributed by atoms with Crippen molar-refractivity contribution < 1.29 is 9.21 Å². The van der Waals surface area contributed by atoms with Gasteiger partial charge in [-0.2, -0.15) is 0 Å². The van der Waals surface area contributed by atoms with Gasteiger partial charge in [0.25, 0.3) is 5.91 Å². The lowest BCUT2D eigenvalue weighted by atomic mass is 10.1. The minimum Gasteiger partial charge on any atom is -0.438 e. The third-order valence-corrected chi connectivity index (χ3v) is 5.68. The topological polar surface area (TPSA) is 79.8 Å². The molecule has 1 aliphatic rings. The first-order valence-electron chi connectivity index (χ1n) is 10.5. The Bertz CT molecular complexity index is 1150. The molecule has 1 saturated heterocycles. The van der Waals surface area contributed by atoms with Crippen LogP contribution < -0.4 is 21.0 Å². The van der Waals surface area contributed by atoms with Crippen LogP contribution in [-0.2, 0) is 0 Å². The summed E-state index contributed by atoms with van der Waals surface area (Å²) in [5, 5.41) is 0.542. The van der Waals surface area contributed by atoms with Crippen molar-refractivity contribution in [3.8, 4) is 0 Å². The minimum atomic E-state index is -0.489. The molecule has 0 saturated carbocycles. The summed E-state index contributed by atoms with van der Waals surface area (Å²) in [5.41, 5.74) is 8.95. The maximum Gasteiger partial charge on any atom is 0.250 e. The van der Waals surface area contributed by atoms with Gasteiger partial charge in [-0.25, -0.2) is 0 Å². The lowest BCUT2D eigenvalue weighted by Gasteiger charge is -2.29. The van der Waals surface area contributed by atoms with E-state index < -0.39 is 5.91 Å². The summed E-state index contributed by atoms with van der Waals surface area (Å²) in [6.07, 6.45) is 3.39. The van der Waals surface area contributed by atoms with Gasteiger partial charge in [0.2, 0.25) is 0 Å². The number of benzene rings is 2. The number of para-hydroxylation sites is 1. The lowest BCUT2D eigenvalue weighted by Crippen LogP contribution is -2.30. The first kappa shape index (κ1) is 20.0. The second-order valence-corrected chi connectivity index (χ2v) is 7.78. The fraction of sp³-hybridized carbons (Fsp3) is 0.333. The molecule has 2 N–H and O–H groups in total. The molecule has 30 heavy (non-hydrogen) atoms.